The maximum Gasteiger partial charge on any atom is 0.303 e. The Morgan fingerprint density at radius 3 is 2.52 bits per heavy atom. The van der Waals surface area contributed by atoms with E-state index in [1.54, 1.807) is 14.0 Å². The molecule has 9 heteroatoms. The number of piperidine rings is 1. The van der Waals surface area contributed by atoms with E-state index in [0.29, 0.717) is 19.5 Å². The summed E-state index contributed by atoms with van der Waals surface area (Å²) >= 11 is 0. The number of hydrogen-bond donors (Lipinski definition) is 2. The molecule has 1 aliphatic rings. The van der Waals surface area contributed by atoms with E-state index >= 15 is 0 Å². The second kappa shape index (κ2) is 8.01. The number of carboxylic acids is 1. The molecule has 2 heterocycles. The number of sulfonamides is 1. The lowest BCUT2D eigenvalue weighted by atomic mass is 10.2. The van der Waals surface area contributed by atoms with Crippen LogP contribution >= 0.6 is 0 Å². The van der Waals surface area contributed by atoms with Crippen molar-refractivity contribution >= 4 is 21.9 Å². The lowest BCUT2D eigenvalue weighted by Crippen LogP contribution is -2.35. The predicted octanol–water partition coefficient (Wildman–Crippen LogP) is 1.18. The number of aromatic nitrogens is 1. The van der Waals surface area contributed by atoms with Crippen molar-refractivity contribution in [1.82, 2.24) is 14.2 Å². The zero-order valence-electron chi connectivity index (χ0n) is 14.6. The molecule has 1 aromatic rings. The number of carboxylic acid groups (broad SMARTS) is 1. The molecule has 0 radical (unpaired) electrons. The van der Waals surface area contributed by atoms with Crippen molar-refractivity contribution in [3.63, 3.8) is 0 Å². The zero-order valence-corrected chi connectivity index (χ0v) is 15.4. The van der Waals surface area contributed by atoms with Crippen molar-refractivity contribution in [2.24, 2.45) is 7.05 Å². The Kier molecular flexibility index (Phi) is 6.23. The van der Waals surface area contributed by atoms with Gasteiger partial charge in [0.1, 0.15) is 10.6 Å². The fourth-order valence-corrected chi connectivity index (χ4v) is 4.45. The van der Waals surface area contributed by atoms with Crippen LogP contribution in [0.4, 0.5) is 0 Å². The van der Waals surface area contributed by atoms with Gasteiger partial charge in [-0.25, -0.2) is 8.42 Å². The molecule has 0 bridgehead atoms. The van der Waals surface area contributed by atoms with Gasteiger partial charge in [-0.15, -0.1) is 0 Å². The molecule has 0 spiro atoms. The Bertz CT molecular complexity index is 735. The first kappa shape index (κ1) is 19.5. The molecule has 2 rings (SSSR count). The Hall–Kier alpha value is -1.87. The van der Waals surface area contributed by atoms with Gasteiger partial charge in [-0.2, -0.15) is 4.31 Å². The molecule has 2 N–H and O–H groups in total. The number of hydrogen-bond acceptors (Lipinski definition) is 4. The van der Waals surface area contributed by atoms with Crippen LogP contribution in [0.25, 0.3) is 0 Å². The minimum absolute atomic E-state index is 0.0385. The van der Waals surface area contributed by atoms with Gasteiger partial charge in [-0.05, 0) is 32.3 Å². The molecule has 140 valence electrons. The summed E-state index contributed by atoms with van der Waals surface area (Å²) in [6.45, 7) is 2.73. The number of aryl methyl sites for hydroxylation is 1. The third-order valence-corrected chi connectivity index (χ3v) is 6.20. The summed E-state index contributed by atoms with van der Waals surface area (Å²) in [4.78, 5) is 23.1. The van der Waals surface area contributed by atoms with Crippen LogP contribution in [0.1, 0.15) is 49.5 Å². The minimum atomic E-state index is -3.59. The Balaban J connectivity index is 2.10. The van der Waals surface area contributed by atoms with Gasteiger partial charge in [-0.3, -0.25) is 9.59 Å². The summed E-state index contributed by atoms with van der Waals surface area (Å²) < 4.78 is 28.3. The van der Waals surface area contributed by atoms with Crippen LogP contribution in [0.5, 0.6) is 0 Å². The number of carbonyl (C=O) groups excluding carboxylic acids is 1. The van der Waals surface area contributed by atoms with Crippen molar-refractivity contribution in [2.75, 3.05) is 13.1 Å². The predicted molar refractivity (Wildman–Crippen MR) is 91.8 cm³/mol. The maximum absolute atomic E-state index is 12.7. The Labute approximate surface area is 147 Å². The molecule has 1 aromatic heterocycles. The van der Waals surface area contributed by atoms with Crippen molar-refractivity contribution in [1.29, 1.82) is 0 Å². The van der Waals surface area contributed by atoms with Crippen LogP contribution in [0.3, 0.4) is 0 Å². The van der Waals surface area contributed by atoms with Gasteiger partial charge in [0.25, 0.3) is 5.91 Å². The highest BCUT2D eigenvalue weighted by Crippen LogP contribution is 2.22. The number of carbonyl (C=O) groups is 2. The summed E-state index contributed by atoms with van der Waals surface area (Å²) in [5.41, 5.74) is 0.234. The monoisotopic (exact) mass is 371 g/mol. The molecule has 0 aromatic carbocycles. The summed E-state index contributed by atoms with van der Waals surface area (Å²) in [6, 6.07) is 1.06. The van der Waals surface area contributed by atoms with E-state index in [1.165, 1.54) is 21.1 Å². The van der Waals surface area contributed by atoms with Crippen LogP contribution in [-0.2, 0) is 21.9 Å². The normalized spacial score (nSPS) is 17.2. The molecular weight excluding hydrogens is 346 g/mol. The number of aliphatic carboxylic acids is 1. The second-order valence-corrected chi connectivity index (χ2v) is 8.38. The summed E-state index contributed by atoms with van der Waals surface area (Å²) in [6.07, 6.45) is 4.44. The van der Waals surface area contributed by atoms with Crippen molar-refractivity contribution in [2.45, 2.75) is 50.0 Å². The molecule has 1 atom stereocenters. The van der Waals surface area contributed by atoms with Crippen molar-refractivity contribution in [3.8, 4) is 0 Å². The Morgan fingerprint density at radius 2 is 1.92 bits per heavy atom. The van der Waals surface area contributed by atoms with E-state index in [1.807, 2.05) is 0 Å². The summed E-state index contributed by atoms with van der Waals surface area (Å²) in [5, 5.41) is 11.4. The number of amides is 1. The third kappa shape index (κ3) is 4.82. The van der Waals surface area contributed by atoms with E-state index in [9.17, 15) is 18.0 Å². The quantitative estimate of drug-likeness (QED) is 0.748. The van der Waals surface area contributed by atoms with Gasteiger partial charge < -0.3 is 15.0 Å². The molecule has 1 saturated heterocycles. The fraction of sp³-hybridized carbons (Fsp3) is 0.625. The topological polar surface area (TPSA) is 109 Å². The van der Waals surface area contributed by atoms with E-state index in [2.05, 4.69) is 5.32 Å². The average molecular weight is 371 g/mol. The molecule has 0 saturated carbocycles. The van der Waals surface area contributed by atoms with Crippen LogP contribution < -0.4 is 5.32 Å². The largest absolute Gasteiger partial charge is 0.481 e. The molecule has 8 nitrogen and oxygen atoms in total. The van der Waals surface area contributed by atoms with Crippen LogP contribution in [-0.4, -0.2) is 53.4 Å². The fourth-order valence-electron chi connectivity index (χ4n) is 2.87. The van der Waals surface area contributed by atoms with Gasteiger partial charge in [0.15, 0.2) is 0 Å². The van der Waals surface area contributed by atoms with E-state index in [-0.39, 0.29) is 23.1 Å². The molecule has 1 unspecified atom stereocenters. The van der Waals surface area contributed by atoms with E-state index in [0.717, 1.165) is 19.3 Å². The van der Waals surface area contributed by atoms with Crippen LogP contribution in [0.2, 0.25) is 0 Å². The molecule has 1 aliphatic heterocycles. The first-order chi connectivity index (χ1) is 11.7. The highest BCUT2D eigenvalue weighted by Gasteiger charge is 2.28. The van der Waals surface area contributed by atoms with E-state index in [4.69, 9.17) is 5.11 Å². The first-order valence-electron chi connectivity index (χ1n) is 8.41. The lowest BCUT2D eigenvalue weighted by molar-refractivity contribution is -0.137. The molecule has 1 amide bonds. The van der Waals surface area contributed by atoms with Gasteiger partial charge in [-0.1, -0.05) is 6.42 Å². The van der Waals surface area contributed by atoms with Gasteiger partial charge in [0.2, 0.25) is 10.0 Å². The van der Waals surface area contributed by atoms with Crippen LogP contribution in [0, 0.1) is 0 Å². The zero-order chi connectivity index (χ0) is 18.6. The minimum Gasteiger partial charge on any atom is -0.481 e. The first-order valence-corrected chi connectivity index (χ1v) is 9.85. The van der Waals surface area contributed by atoms with Gasteiger partial charge >= 0.3 is 5.97 Å². The Morgan fingerprint density at radius 1 is 1.28 bits per heavy atom. The SMILES string of the molecule is CC(CCC(=O)O)NC(=O)c1cc(S(=O)(=O)N2CCCCC2)cn1C. The third-order valence-electron chi connectivity index (χ3n) is 4.33. The molecule has 25 heavy (non-hydrogen) atoms. The molecule has 1 fully saturated rings. The number of nitrogens with zero attached hydrogens (tertiary/aromatic N) is 2. The average Bonchev–Trinajstić information content (AvgIpc) is 2.96. The smallest absolute Gasteiger partial charge is 0.303 e. The molecular formula is C16H25N3O5S. The van der Waals surface area contributed by atoms with Crippen LogP contribution in [0.15, 0.2) is 17.2 Å². The van der Waals surface area contributed by atoms with Crippen molar-refractivity contribution < 1.29 is 23.1 Å². The standard InChI is InChI=1S/C16H25N3O5S/c1-12(6-7-15(20)21)17-16(22)14-10-13(11-18(14)2)25(23,24)19-8-4-3-5-9-19/h10-12H,3-9H2,1-2H3,(H,17,22)(H,20,21). The van der Waals surface area contributed by atoms with Gasteiger partial charge in [0, 0.05) is 38.8 Å². The maximum atomic E-state index is 12.7. The molecule has 0 aliphatic carbocycles. The van der Waals surface area contributed by atoms with E-state index < -0.39 is 21.9 Å². The summed E-state index contributed by atoms with van der Waals surface area (Å²) in [7, 11) is -1.98. The highest BCUT2D eigenvalue weighted by molar-refractivity contribution is 7.89. The summed E-state index contributed by atoms with van der Waals surface area (Å²) in [5.74, 6) is -1.34. The number of nitrogens with one attached hydrogen (secondary N) is 1. The van der Waals surface area contributed by atoms with Crippen molar-refractivity contribution in [3.05, 3.63) is 18.0 Å². The second-order valence-electron chi connectivity index (χ2n) is 6.44. The highest BCUT2D eigenvalue weighted by atomic mass is 32.2. The number of rotatable bonds is 7. The lowest BCUT2D eigenvalue weighted by Gasteiger charge is -2.25. The van der Waals surface area contributed by atoms with Gasteiger partial charge in [0.05, 0.1) is 0 Å².